The minimum absolute atomic E-state index is 0.0610. The van der Waals surface area contributed by atoms with E-state index in [0.717, 1.165) is 54.4 Å². The predicted molar refractivity (Wildman–Crippen MR) is 154 cm³/mol. The molecule has 1 aliphatic rings. The van der Waals surface area contributed by atoms with E-state index in [1.807, 2.05) is 37.4 Å². The van der Waals surface area contributed by atoms with Crippen LogP contribution >= 0.6 is 0 Å². The SMILES string of the molecule is CN1CCC(Cc2ccc(NC(=O)Nc3cc(-c4ccc(-c5ccc(N)nc5)cc4)n(C)n3)cc2C(F)(F)F)CC1. The summed E-state index contributed by atoms with van der Waals surface area (Å²) in [6.45, 7) is 1.77. The van der Waals surface area contributed by atoms with Gasteiger partial charge >= 0.3 is 12.2 Å². The number of halogens is 3. The number of likely N-dealkylation sites (tertiary alicyclic amines) is 1. The van der Waals surface area contributed by atoms with Crippen LogP contribution in [0.15, 0.2) is 66.9 Å². The second kappa shape index (κ2) is 11.6. The minimum atomic E-state index is -4.52. The monoisotopic (exact) mass is 563 g/mol. The van der Waals surface area contributed by atoms with Gasteiger partial charge in [0, 0.05) is 30.6 Å². The van der Waals surface area contributed by atoms with Crippen molar-refractivity contribution in [3.05, 3.63) is 78.0 Å². The van der Waals surface area contributed by atoms with Gasteiger partial charge in [-0.15, -0.1) is 0 Å². The summed E-state index contributed by atoms with van der Waals surface area (Å²) < 4.78 is 43.4. The van der Waals surface area contributed by atoms with Gasteiger partial charge < -0.3 is 16.0 Å². The lowest BCUT2D eigenvalue weighted by atomic mass is 9.88. The number of rotatable bonds is 6. The van der Waals surface area contributed by atoms with Gasteiger partial charge in [0.25, 0.3) is 0 Å². The molecule has 0 atom stereocenters. The molecule has 4 aromatic rings. The maximum Gasteiger partial charge on any atom is 0.416 e. The number of hydrogen-bond acceptors (Lipinski definition) is 5. The number of nitrogen functional groups attached to an aromatic ring is 1. The summed E-state index contributed by atoms with van der Waals surface area (Å²) in [5.41, 5.74) is 8.78. The summed E-state index contributed by atoms with van der Waals surface area (Å²) in [4.78, 5) is 19.0. The molecule has 41 heavy (non-hydrogen) atoms. The quantitative estimate of drug-likeness (QED) is 0.256. The van der Waals surface area contributed by atoms with Gasteiger partial charge in [0.1, 0.15) is 5.82 Å². The van der Waals surface area contributed by atoms with Crippen molar-refractivity contribution in [3.63, 3.8) is 0 Å². The molecular weight excluding hydrogens is 531 g/mol. The number of pyridine rings is 1. The molecule has 2 aromatic heterocycles. The standard InChI is InChI=1S/C30H32F3N7O/c1-39-13-11-19(12-14-39)15-22-7-9-24(16-25(22)30(31,32)33)36-29(41)37-28-17-26(40(2)38-28)21-5-3-20(4-6-21)23-8-10-27(34)35-18-23/h3-10,16-19H,11-15H2,1-2H3,(H2,34,35)(H2,36,37,38,41). The molecule has 5 rings (SSSR count). The first-order chi connectivity index (χ1) is 19.5. The van der Waals surface area contributed by atoms with Gasteiger partial charge in [0.05, 0.1) is 11.3 Å². The van der Waals surface area contributed by atoms with E-state index >= 15 is 0 Å². The summed E-state index contributed by atoms with van der Waals surface area (Å²) in [5, 5.41) is 9.47. The average Bonchev–Trinajstić information content (AvgIpc) is 3.30. The Labute approximate surface area is 236 Å². The van der Waals surface area contributed by atoms with Crippen LogP contribution in [0.3, 0.4) is 0 Å². The number of urea groups is 1. The van der Waals surface area contributed by atoms with Gasteiger partial charge in [0.2, 0.25) is 0 Å². The number of piperidine rings is 1. The Kier molecular flexibility index (Phi) is 7.98. The molecule has 0 bridgehead atoms. The highest BCUT2D eigenvalue weighted by molar-refractivity contribution is 5.99. The first-order valence-corrected chi connectivity index (χ1v) is 13.4. The third kappa shape index (κ3) is 6.86. The number of carbonyl (C=O) groups excluding carboxylic acids is 1. The number of hydrogen-bond donors (Lipinski definition) is 3. The molecule has 214 valence electrons. The Balaban J connectivity index is 1.25. The smallest absolute Gasteiger partial charge is 0.384 e. The van der Waals surface area contributed by atoms with Crippen LogP contribution in [0.4, 0.5) is 35.3 Å². The number of aryl methyl sites for hydroxylation is 1. The van der Waals surface area contributed by atoms with Crippen molar-refractivity contribution >= 4 is 23.4 Å². The predicted octanol–water partition coefficient (Wildman–Crippen LogP) is 6.28. The average molecular weight is 564 g/mol. The van der Waals surface area contributed by atoms with Crippen LogP contribution in [-0.2, 0) is 19.6 Å². The van der Waals surface area contributed by atoms with Crippen LogP contribution in [0.5, 0.6) is 0 Å². The summed E-state index contributed by atoms with van der Waals surface area (Å²) in [6.07, 6.45) is -0.719. The molecule has 11 heteroatoms. The highest BCUT2D eigenvalue weighted by atomic mass is 19.4. The Hall–Kier alpha value is -4.38. The van der Waals surface area contributed by atoms with Crippen LogP contribution in [0.2, 0.25) is 0 Å². The highest BCUT2D eigenvalue weighted by Gasteiger charge is 2.34. The molecule has 2 amide bonds. The Morgan fingerprint density at radius 1 is 0.951 bits per heavy atom. The van der Waals surface area contributed by atoms with Gasteiger partial charge in [-0.1, -0.05) is 30.3 Å². The van der Waals surface area contributed by atoms with Gasteiger partial charge in [-0.3, -0.25) is 10.00 Å². The number of aromatic nitrogens is 3. The van der Waals surface area contributed by atoms with Crippen molar-refractivity contribution in [1.82, 2.24) is 19.7 Å². The maximum absolute atomic E-state index is 13.9. The third-order valence-corrected chi connectivity index (χ3v) is 7.44. The van der Waals surface area contributed by atoms with Crippen molar-refractivity contribution < 1.29 is 18.0 Å². The third-order valence-electron chi connectivity index (χ3n) is 7.44. The van der Waals surface area contributed by atoms with E-state index in [1.165, 1.54) is 12.1 Å². The lowest BCUT2D eigenvalue weighted by Gasteiger charge is -2.29. The van der Waals surface area contributed by atoms with Gasteiger partial charge in [-0.2, -0.15) is 18.3 Å². The summed E-state index contributed by atoms with van der Waals surface area (Å²) in [7, 11) is 3.77. The zero-order valence-electron chi connectivity index (χ0n) is 22.9. The molecule has 0 saturated carbocycles. The number of amides is 2. The highest BCUT2D eigenvalue weighted by Crippen LogP contribution is 2.36. The lowest BCUT2D eigenvalue weighted by Crippen LogP contribution is -2.31. The van der Waals surface area contributed by atoms with E-state index in [1.54, 1.807) is 30.1 Å². The molecule has 0 aliphatic carbocycles. The molecule has 4 N–H and O–H groups in total. The van der Waals surface area contributed by atoms with E-state index in [9.17, 15) is 18.0 Å². The molecule has 8 nitrogen and oxygen atoms in total. The molecule has 0 spiro atoms. The molecule has 1 aliphatic heterocycles. The molecule has 3 heterocycles. The normalized spacial score (nSPS) is 14.7. The second-order valence-electron chi connectivity index (χ2n) is 10.5. The fourth-order valence-electron chi connectivity index (χ4n) is 5.16. The number of nitrogens with one attached hydrogen (secondary N) is 2. The number of nitrogens with two attached hydrogens (primary N) is 1. The largest absolute Gasteiger partial charge is 0.416 e. The maximum atomic E-state index is 13.9. The van der Waals surface area contributed by atoms with E-state index in [2.05, 4.69) is 25.6 Å². The van der Waals surface area contributed by atoms with E-state index < -0.39 is 17.8 Å². The van der Waals surface area contributed by atoms with E-state index in [4.69, 9.17) is 5.73 Å². The second-order valence-corrected chi connectivity index (χ2v) is 10.5. The molecule has 1 saturated heterocycles. The Bertz CT molecular complexity index is 1510. The van der Waals surface area contributed by atoms with Crippen LogP contribution in [0, 0.1) is 5.92 Å². The zero-order chi connectivity index (χ0) is 29.1. The van der Waals surface area contributed by atoms with Crippen molar-refractivity contribution in [3.8, 4) is 22.4 Å². The van der Waals surface area contributed by atoms with Crippen molar-refractivity contribution in [2.75, 3.05) is 36.5 Å². The minimum Gasteiger partial charge on any atom is -0.384 e. The van der Waals surface area contributed by atoms with E-state index in [-0.39, 0.29) is 23.0 Å². The topological polar surface area (TPSA) is 101 Å². The lowest BCUT2D eigenvalue weighted by molar-refractivity contribution is -0.138. The number of nitrogens with zero attached hydrogens (tertiary/aromatic N) is 4. The van der Waals surface area contributed by atoms with Gasteiger partial charge in [-0.25, -0.2) is 9.78 Å². The Morgan fingerprint density at radius 3 is 2.29 bits per heavy atom. The number of carbonyl (C=O) groups is 1. The van der Waals surface area contributed by atoms with Crippen LogP contribution in [0.25, 0.3) is 22.4 Å². The van der Waals surface area contributed by atoms with E-state index in [0.29, 0.717) is 12.2 Å². The molecule has 0 unspecified atom stereocenters. The summed E-state index contributed by atoms with van der Waals surface area (Å²) in [6, 6.07) is 16.4. The van der Waals surface area contributed by atoms with Crippen molar-refractivity contribution in [2.24, 2.45) is 13.0 Å². The fourth-order valence-corrected chi connectivity index (χ4v) is 5.16. The first-order valence-electron chi connectivity index (χ1n) is 13.4. The number of anilines is 3. The van der Waals surface area contributed by atoms with Crippen molar-refractivity contribution in [1.29, 1.82) is 0 Å². The number of alkyl halides is 3. The Morgan fingerprint density at radius 2 is 1.63 bits per heavy atom. The fraction of sp³-hybridized carbons (Fsp3) is 0.300. The molecule has 1 fully saturated rings. The van der Waals surface area contributed by atoms with Gasteiger partial charge in [0.15, 0.2) is 5.82 Å². The van der Waals surface area contributed by atoms with Crippen molar-refractivity contribution in [2.45, 2.75) is 25.4 Å². The molecule has 2 aromatic carbocycles. The van der Waals surface area contributed by atoms with Gasteiger partial charge in [-0.05, 0) is 86.3 Å². The van der Waals surface area contributed by atoms with Crippen LogP contribution in [0.1, 0.15) is 24.0 Å². The summed E-state index contributed by atoms with van der Waals surface area (Å²) in [5.74, 6) is 0.922. The molecule has 0 radical (unpaired) electrons. The molecular formula is C30H32F3N7O. The first kappa shape index (κ1) is 28.2. The zero-order valence-corrected chi connectivity index (χ0v) is 22.9. The number of benzene rings is 2. The summed E-state index contributed by atoms with van der Waals surface area (Å²) >= 11 is 0. The van der Waals surface area contributed by atoms with Crippen LogP contribution in [-0.4, -0.2) is 45.8 Å². The van der Waals surface area contributed by atoms with Crippen LogP contribution < -0.4 is 16.4 Å².